The van der Waals surface area contributed by atoms with Gasteiger partial charge in [-0.15, -0.1) is 6.42 Å². The Bertz CT molecular complexity index is 1530. The van der Waals surface area contributed by atoms with Crippen LogP contribution in [-0.2, 0) is 10.0 Å². The molecule has 0 amide bonds. The van der Waals surface area contributed by atoms with E-state index in [0.717, 1.165) is 6.42 Å². The van der Waals surface area contributed by atoms with Crippen molar-refractivity contribution in [1.29, 1.82) is 0 Å². The summed E-state index contributed by atoms with van der Waals surface area (Å²) in [7, 11) is -1.60. The third-order valence-corrected chi connectivity index (χ3v) is 9.24. The zero-order chi connectivity index (χ0) is 26.4. The van der Waals surface area contributed by atoms with Crippen molar-refractivity contribution in [3.63, 3.8) is 0 Å². The molecule has 1 aromatic carbocycles. The van der Waals surface area contributed by atoms with E-state index >= 15 is 0 Å². The molecule has 10 nitrogen and oxygen atoms in total. The van der Waals surface area contributed by atoms with Crippen LogP contribution in [-0.4, -0.2) is 76.1 Å². The van der Waals surface area contributed by atoms with Crippen molar-refractivity contribution < 1.29 is 13.5 Å². The lowest BCUT2D eigenvalue weighted by Crippen LogP contribution is -2.46. The molecular formula is C26H30N6O4S. The highest BCUT2D eigenvalue weighted by molar-refractivity contribution is 7.89. The van der Waals surface area contributed by atoms with Crippen LogP contribution in [0.25, 0.3) is 11.0 Å². The molecule has 2 aromatic heterocycles. The number of hydrogen-bond donors (Lipinski definition) is 2. The summed E-state index contributed by atoms with van der Waals surface area (Å²) in [4.78, 5) is 24.5. The van der Waals surface area contributed by atoms with Gasteiger partial charge in [0.05, 0.1) is 22.1 Å². The van der Waals surface area contributed by atoms with E-state index in [0.29, 0.717) is 55.7 Å². The molecule has 1 saturated heterocycles. The molecule has 3 aromatic rings. The largest absolute Gasteiger partial charge is 0.388 e. The van der Waals surface area contributed by atoms with E-state index < -0.39 is 21.7 Å². The first-order chi connectivity index (χ1) is 17.6. The lowest BCUT2D eigenvalue weighted by molar-refractivity contribution is 0.0266. The molecule has 1 saturated carbocycles. The van der Waals surface area contributed by atoms with Crippen LogP contribution < -0.4 is 10.9 Å². The standard InChI is InChI=1S/C26H30N6O4S/c1-4-18-16-19-17-27-25(29-23(19)32(24(18)33)22-6-5-11-26(22,2)34)28-20-7-9-21(10-8-20)37(35,36)31-14-12-30(3)13-15-31/h1,7-10,16-17,22,34H,5-6,11-15H2,2-3H3,(H,27,28,29)/t22-,26-/m1/s1. The fourth-order valence-corrected chi connectivity index (χ4v) is 6.55. The quantitative estimate of drug-likeness (QED) is 0.488. The van der Waals surface area contributed by atoms with Gasteiger partial charge < -0.3 is 15.3 Å². The first-order valence-corrected chi connectivity index (χ1v) is 13.7. The molecule has 2 aliphatic rings. The normalized spacial score (nSPS) is 23.2. The van der Waals surface area contributed by atoms with Crippen LogP contribution in [0.2, 0.25) is 0 Å². The van der Waals surface area contributed by atoms with Crippen LogP contribution in [0.1, 0.15) is 37.8 Å². The average molecular weight is 523 g/mol. The van der Waals surface area contributed by atoms with Gasteiger partial charge >= 0.3 is 0 Å². The number of likely N-dealkylation sites (N-methyl/N-ethyl adjacent to an activating group) is 1. The third-order valence-electron chi connectivity index (χ3n) is 7.33. The highest BCUT2D eigenvalue weighted by Gasteiger charge is 2.39. The minimum absolute atomic E-state index is 0.191. The minimum atomic E-state index is -3.57. The molecule has 2 fully saturated rings. The summed E-state index contributed by atoms with van der Waals surface area (Å²) < 4.78 is 29.0. The predicted molar refractivity (Wildman–Crippen MR) is 141 cm³/mol. The highest BCUT2D eigenvalue weighted by atomic mass is 32.2. The maximum atomic E-state index is 13.2. The maximum absolute atomic E-state index is 13.2. The lowest BCUT2D eigenvalue weighted by Gasteiger charge is -2.31. The van der Waals surface area contributed by atoms with E-state index in [1.807, 2.05) is 7.05 Å². The molecule has 194 valence electrons. The van der Waals surface area contributed by atoms with Crippen molar-refractivity contribution in [3.05, 3.63) is 52.4 Å². The number of pyridine rings is 1. The number of nitrogens with zero attached hydrogens (tertiary/aromatic N) is 5. The van der Waals surface area contributed by atoms with Crippen LogP contribution >= 0.6 is 0 Å². The van der Waals surface area contributed by atoms with Crippen molar-refractivity contribution in [2.45, 2.75) is 42.7 Å². The van der Waals surface area contributed by atoms with Crippen LogP contribution in [0.4, 0.5) is 11.6 Å². The number of terminal acetylenes is 1. The van der Waals surface area contributed by atoms with Gasteiger partial charge in [0.2, 0.25) is 16.0 Å². The minimum Gasteiger partial charge on any atom is -0.388 e. The number of nitrogens with one attached hydrogen (secondary N) is 1. The highest BCUT2D eigenvalue weighted by Crippen LogP contribution is 2.39. The van der Waals surface area contributed by atoms with Gasteiger partial charge in [-0.2, -0.15) is 9.29 Å². The molecule has 0 radical (unpaired) electrons. The maximum Gasteiger partial charge on any atom is 0.268 e. The van der Waals surface area contributed by atoms with Gasteiger partial charge in [-0.3, -0.25) is 9.36 Å². The number of piperazine rings is 1. The first-order valence-electron chi connectivity index (χ1n) is 12.3. The van der Waals surface area contributed by atoms with Crippen LogP contribution in [0, 0.1) is 12.3 Å². The monoisotopic (exact) mass is 522 g/mol. The van der Waals surface area contributed by atoms with Crippen molar-refractivity contribution in [1.82, 2.24) is 23.7 Å². The summed E-state index contributed by atoms with van der Waals surface area (Å²) in [5.41, 5.74) is -0.267. The fourth-order valence-electron chi connectivity index (χ4n) is 5.13. The average Bonchev–Trinajstić information content (AvgIpc) is 3.22. The Kier molecular flexibility index (Phi) is 6.53. The Hall–Kier alpha value is -3.30. The molecule has 1 aliphatic carbocycles. The molecule has 37 heavy (non-hydrogen) atoms. The van der Waals surface area contributed by atoms with Gasteiger partial charge in [-0.05, 0) is 63.6 Å². The molecule has 0 bridgehead atoms. The number of sulfonamides is 1. The summed E-state index contributed by atoms with van der Waals surface area (Å²) in [6.07, 6.45) is 9.15. The van der Waals surface area contributed by atoms with E-state index in [2.05, 4.69) is 26.1 Å². The number of anilines is 2. The second kappa shape index (κ2) is 9.54. The number of rotatable bonds is 5. The Morgan fingerprint density at radius 3 is 2.51 bits per heavy atom. The number of fused-ring (bicyclic) bond motifs is 1. The van der Waals surface area contributed by atoms with Crippen LogP contribution in [0.3, 0.4) is 0 Å². The van der Waals surface area contributed by atoms with E-state index in [-0.39, 0.29) is 22.0 Å². The Morgan fingerprint density at radius 2 is 1.89 bits per heavy atom. The fraction of sp³-hybridized carbons (Fsp3) is 0.423. The number of aliphatic hydroxyl groups is 1. The molecular weight excluding hydrogens is 492 g/mol. The zero-order valence-corrected chi connectivity index (χ0v) is 21.7. The van der Waals surface area contributed by atoms with Crippen LogP contribution in [0.5, 0.6) is 0 Å². The number of aromatic nitrogens is 3. The van der Waals surface area contributed by atoms with Gasteiger partial charge in [0.15, 0.2) is 0 Å². The van der Waals surface area contributed by atoms with Crippen molar-refractivity contribution in [2.24, 2.45) is 0 Å². The summed E-state index contributed by atoms with van der Waals surface area (Å²) >= 11 is 0. The van der Waals surface area contributed by atoms with Crippen molar-refractivity contribution in [2.75, 3.05) is 38.5 Å². The molecule has 3 heterocycles. The Balaban J connectivity index is 1.45. The van der Waals surface area contributed by atoms with E-state index in [9.17, 15) is 18.3 Å². The van der Waals surface area contributed by atoms with Gasteiger partial charge in [0.1, 0.15) is 5.65 Å². The predicted octanol–water partition coefficient (Wildman–Crippen LogP) is 1.93. The number of benzene rings is 1. The smallest absolute Gasteiger partial charge is 0.268 e. The Morgan fingerprint density at radius 1 is 1.19 bits per heavy atom. The van der Waals surface area contributed by atoms with E-state index in [4.69, 9.17) is 6.42 Å². The summed E-state index contributed by atoms with van der Waals surface area (Å²) in [6.45, 7) is 4.04. The Labute approximate surface area is 216 Å². The van der Waals surface area contributed by atoms with Gasteiger partial charge in [0, 0.05) is 43.4 Å². The van der Waals surface area contributed by atoms with E-state index in [1.54, 1.807) is 43.5 Å². The lowest BCUT2D eigenvalue weighted by atomic mass is 9.99. The first kappa shape index (κ1) is 25.4. The SMILES string of the molecule is C#Cc1cc2cnc(Nc3ccc(S(=O)(=O)N4CCN(C)CC4)cc3)nc2n([C@@H]2CCC[C@@]2(C)O)c1=O. The molecule has 5 rings (SSSR count). The van der Waals surface area contributed by atoms with Gasteiger partial charge in [-0.1, -0.05) is 5.92 Å². The summed E-state index contributed by atoms with van der Waals surface area (Å²) in [5.74, 6) is 2.67. The third kappa shape index (κ3) is 4.73. The van der Waals surface area contributed by atoms with Crippen molar-refractivity contribution in [3.8, 4) is 12.3 Å². The van der Waals surface area contributed by atoms with Crippen LogP contribution in [0.15, 0.2) is 46.2 Å². The summed E-state index contributed by atoms with van der Waals surface area (Å²) in [5, 5.41) is 14.6. The molecule has 2 N–H and O–H groups in total. The second-order valence-corrected chi connectivity index (χ2v) is 11.9. The van der Waals surface area contributed by atoms with Gasteiger partial charge in [-0.25, -0.2) is 13.4 Å². The van der Waals surface area contributed by atoms with Crippen molar-refractivity contribution >= 4 is 32.7 Å². The topological polar surface area (TPSA) is 121 Å². The molecule has 2 atom stereocenters. The van der Waals surface area contributed by atoms with E-state index in [1.165, 1.54) is 8.87 Å². The second-order valence-electron chi connectivity index (χ2n) is 9.97. The molecule has 1 aliphatic heterocycles. The summed E-state index contributed by atoms with van der Waals surface area (Å²) in [6, 6.07) is 7.56. The van der Waals surface area contributed by atoms with Gasteiger partial charge in [0.25, 0.3) is 5.56 Å². The number of hydrogen-bond acceptors (Lipinski definition) is 8. The molecule has 11 heteroatoms. The molecule has 0 unspecified atom stereocenters. The zero-order valence-electron chi connectivity index (χ0n) is 20.9. The molecule has 0 spiro atoms.